The van der Waals surface area contributed by atoms with Crippen molar-refractivity contribution in [2.75, 3.05) is 33.4 Å². The van der Waals surface area contributed by atoms with Crippen LogP contribution in [0.2, 0.25) is 0 Å². The normalized spacial score (nSPS) is 26.7. The molecule has 1 saturated heterocycles. The molecular weight excluding hydrogens is 292 g/mol. The quantitative estimate of drug-likeness (QED) is 0.763. The third-order valence-electron chi connectivity index (χ3n) is 4.81. The van der Waals surface area contributed by atoms with Crippen molar-refractivity contribution in [1.82, 2.24) is 10.2 Å². The first-order chi connectivity index (χ1) is 10.8. The summed E-state index contributed by atoms with van der Waals surface area (Å²) < 4.78 is 10.9. The third-order valence-corrected chi connectivity index (χ3v) is 4.81. The number of likely N-dealkylation sites (tertiary alicyclic amines) is 1. The zero-order chi connectivity index (χ0) is 17.1. The maximum absolute atomic E-state index is 12.2. The zero-order valence-corrected chi connectivity index (χ0v) is 15.1. The smallest absolute Gasteiger partial charge is 0.410 e. The molecule has 2 rings (SSSR count). The molecular formula is C18H32N2O3. The number of carbonyl (C=O) groups is 1. The lowest BCUT2D eigenvalue weighted by Gasteiger charge is -2.41. The molecule has 1 amide bonds. The summed E-state index contributed by atoms with van der Waals surface area (Å²) in [5.41, 5.74) is -0.326. The Morgan fingerprint density at radius 3 is 2.52 bits per heavy atom. The fraction of sp³-hybridized carbons (Fsp3) is 0.833. The molecule has 1 saturated carbocycles. The Labute approximate surface area is 140 Å². The van der Waals surface area contributed by atoms with Crippen LogP contribution in [0.25, 0.3) is 0 Å². The first kappa shape index (κ1) is 18.3. The van der Waals surface area contributed by atoms with Crippen LogP contribution in [0.3, 0.4) is 0 Å². The Bertz CT molecular complexity index is 422. The minimum Gasteiger partial charge on any atom is -0.444 e. The van der Waals surface area contributed by atoms with Crippen LogP contribution in [0.1, 0.15) is 40.0 Å². The second kappa shape index (κ2) is 7.22. The van der Waals surface area contributed by atoms with Crippen molar-refractivity contribution < 1.29 is 14.3 Å². The van der Waals surface area contributed by atoms with Crippen LogP contribution >= 0.6 is 0 Å². The molecule has 0 bridgehead atoms. The molecule has 132 valence electrons. The third kappa shape index (κ3) is 5.21. The monoisotopic (exact) mass is 324 g/mol. The molecule has 1 N–H and O–H groups in total. The molecule has 1 aliphatic carbocycles. The van der Waals surface area contributed by atoms with Crippen molar-refractivity contribution in [2.45, 2.75) is 51.7 Å². The Morgan fingerprint density at radius 2 is 2.04 bits per heavy atom. The molecule has 5 nitrogen and oxygen atoms in total. The SMILES string of the molecule is C=CC1CC1NCC1(COC)CCN(C(=O)OC(C)(C)C)CC1. The molecule has 2 aliphatic rings. The molecule has 2 unspecified atom stereocenters. The van der Waals surface area contributed by atoms with E-state index in [1.807, 2.05) is 31.7 Å². The highest BCUT2D eigenvalue weighted by molar-refractivity contribution is 5.68. The molecule has 1 heterocycles. The van der Waals surface area contributed by atoms with Gasteiger partial charge in [-0.3, -0.25) is 0 Å². The number of amides is 1. The minimum absolute atomic E-state index is 0.113. The largest absolute Gasteiger partial charge is 0.444 e. The first-order valence-corrected chi connectivity index (χ1v) is 8.61. The highest BCUT2D eigenvalue weighted by Crippen LogP contribution is 2.35. The lowest BCUT2D eigenvalue weighted by Crippen LogP contribution is -2.50. The number of nitrogens with one attached hydrogen (secondary N) is 1. The van der Waals surface area contributed by atoms with Crippen LogP contribution in [-0.4, -0.2) is 56.0 Å². The molecule has 23 heavy (non-hydrogen) atoms. The number of carbonyl (C=O) groups excluding carboxylic acids is 1. The van der Waals surface area contributed by atoms with Crippen LogP contribution in [0, 0.1) is 11.3 Å². The average molecular weight is 324 g/mol. The van der Waals surface area contributed by atoms with Gasteiger partial charge in [0.1, 0.15) is 5.60 Å². The zero-order valence-electron chi connectivity index (χ0n) is 15.1. The molecule has 0 radical (unpaired) electrons. The highest BCUT2D eigenvalue weighted by Gasteiger charge is 2.40. The topological polar surface area (TPSA) is 50.8 Å². The van der Waals surface area contributed by atoms with Gasteiger partial charge in [0.25, 0.3) is 0 Å². The van der Waals surface area contributed by atoms with Gasteiger partial charge in [0.2, 0.25) is 0 Å². The van der Waals surface area contributed by atoms with Crippen LogP contribution in [-0.2, 0) is 9.47 Å². The maximum atomic E-state index is 12.2. The van der Waals surface area contributed by atoms with E-state index in [4.69, 9.17) is 9.47 Å². The van der Waals surface area contributed by atoms with Gasteiger partial charge in [-0.2, -0.15) is 0 Å². The molecule has 0 aromatic rings. The molecule has 5 heteroatoms. The number of hydrogen-bond donors (Lipinski definition) is 1. The number of hydrogen-bond acceptors (Lipinski definition) is 4. The van der Waals surface area contributed by atoms with Crippen molar-refractivity contribution in [3.05, 3.63) is 12.7 Å². The van der Waals surface area contributed by atoms with Gasteiger partial charge < -0.3 is 19.7 Å². The number of ether oxygens (including phenoxy) is 2. The van der Waals surface area contributed by atoms with Crippen LogP contribution in [0.15, 0.2) is 12.7 Å². The second-order valence-electron chi connectivity index (χ2n) is 8.02. The number of rotatable bonds is 6. The van der Waals surface area contributed by atoms with E-state index >= 15 is 0 Å². The Morgan fingerprint density at radius 1 is 1.39 bits per heavy atom. The Hall–Kier alpha value is -1.07. The summed E-state index contributed by atoms with van der Waals surface area (Å²) in [6.07, 6.45) is 4.91. The summed E-state index contributed by atoms with van der Waals surface area (Å²) in [5.74, 6) is 0.622. The standard InChI is InChI=1S/C18H32N2O3/c1-6-14-11-15(14)19-12-18(13-22-5)7-9-20(10-8-18)16(21)23-17(2,3)4/h6,14-15,19H,1,7-13H2,2-5H3. The second-order valence-corrected chi connectivity index (χ2v) is 8.02. The lowest BCUT2D eigenvalue weighted by molar-refractivity contribution is -0.00669. The predicted octanol–water partition coefficient (Wildman–Crippen LogP) is 2.81. The van der Waals surface area contributed by atoms with Gasteiger partial charge in [-0.25, -0.2) is 4.79 Å². The van der Waals surface area contributed by atoms with E-state index in [-0.39, 0.29) is 11.5 Å². The molecule has 0 aromatic heterocycles. The summed E-state index contributed by atoms with van der Waals surface area (Å²) in [7, 11) is 1.76. The summed E-state index contributed by atoms with van der Waals surface area (Å²) >= 11 is 0. The number of methoxy groups -OCH3 is 1. The Balaban J connectivity index is 1.84. The lowest BCUT2D eigenvalue weighted by atomic mass is 9.79. The van der Waals surface area contributed by atoms with Crippen molar-refractivity contribution in [3.63, 3.8) is 0 Å². The molecule has 2 fully saturated rings. The predicted molar refractivity (Wildman–Crippen MR) is 91.4 cm³/mol. The summed E-state index contributed by atoms with van der Waals surface area (Å²) in [4.78, 5) is 14.0. The van der Waals surface area contributed by atoms with Crippen molar-refractivity contribution in [1.29, 1.82) is 0 Å². The van der Waals surface area contributed by atoms with Crippen molar-refractivity contribution in [2.24, 2.45) is 11.3 Å². The van der Waals surface area contributed by atoms with Gasteiger partial charge in [0.15, 0.2) is 0 Å². The van der Waals surface area contributed by atoms with Gasteiger partial charge in [-0.05, 0) is 46.0 Å². The van der Waals surface area contributed by atoms with Crippen molar-refractivity contribution in [3.8, 4) is 0 Å². The number of piperidine rings is 1. The molecule has 1 aliphatic heterocycles. The van der Waals surface area contributed by atoms with Crippen LogP contribution < -0.4 is 5.32 Å². The van der Waals surface area contributed by atoms with Gasteiger partial charge in [-0.1, -0.05) is 6.08 Å². The minimum atomic E-state index is -0.439. The Kier molecular flexibility index (Phi) is 5.74. The first-order valence-electron chi connectivity index (χ1n) is 8.61. The van der Waals surface area contributed by atoms with Gasteiger partial charge in [0.05, 0.1) is 6.61 Å². The highest BCUT2D eigenvalue weighted by atomic mass is 16.6. The van der Waals surface area contributed by atoms with Gasteiger partial charge in [0, 0.05) is 38.2 Å². The number of nitrogens with zero attached hydrogens (tertiary/aromatic N) is 1. The van der Waals surface area contributed by atoms with E-state index in [1.165, 1.54) is 6.42 Å². The van der Waals surface area contributed by atoms with Crippen LogP contribution in [0.5, 0.6) is 0 Å². The molecule has 0 aromatic carbocycles. The fourth-order valence-electron chi connectivity index (χ4n) is 3.23. The van der Waals surface area contributed by atoms with E-state index in [0.29, 0.717) is 12.0 Å². The van der Waals surface area contributed by atoms with E-state index in [2.05, 4.69) is 11.9 Å². The van der Waals surface area contributed by atoms with Gasteiger partial charge in [-0.15, -0.1) is 6.58 Å². The average Bonchev–Trinajstić information content (AvgIpc) is 3.23. The summed E-state index contributed by atoms with van der Waals surface area (Å²) in [6.45, 7) is 12.7. The van der Waals surface area contributed by atoms with Crippen LogP contribution in [0.4, 0.5) is 4.79 Å². The summed E-state index contributed by atoms with van der Waals surface area (Å²) in [6, 6.07) is 0.574. The van der Waals surface area contributed by atoms with Crippen molar-refractivity contribution >= 4 is 6.09 Å². The van der Waals surface area contributed by atoms with E-state index in [1.54, 1.807) is 7.11 Å². The summed E-state index contributed by atoms with van der Waals surface area (Å²) in [5, 5.41) is 3.65. The van der Waals surface area contributed by atoms with E-state index in [9.17, 15) is 4.79 Å². The van der Waals surface area contributed by atoms with E-state index in [0.717, 1.165) is 39.1 Å². The fourth-order valence-corrected chi connectivity index (χ4v) is 3.23. The molecule has 0 spiro atoms. The van der Waals surface area contributed by atoms with E-state index < -0.39 is 5.60 Å². The maximum Gasteiger partial charge on any atom is 0.410 e. The molecule has 2 atom stereocenters. The van der Waals surface area contributed by atoms with Gasteiger partial charge >= 0.3 is 6.09 Å².